The molecule has 0 aromatic heterocycles. The van der Waals surface area contributed by atoms with Gasteiger partial charge in [0.25, 0.3) is 0 Å². The van der Waals surface area contributed by atoms with E-state index in [1.165, 1.54) is 5.69 Å². The second-order valence-corrected chi connectivity index (χ2v) is 6.31. The molecule has 3 rings (SSSR count). The van der Waals surface area contributed by atoms with Crippen LogP contribution in [0.4, 0.5) is 5.69 Å². The van der Waals surface area contributed by atoms with Crippen molar-refractivity contribution in [1.82, 2.24) is 4.90 Å². The zero-order valence-electron chi connectivity index (χ0n) is 14.9. The molecule has 0 aliphatic carbocycles. The monoisotopic (exact) mass is 338 g/mol. The Bertz CT molecular complexity index is 662. The number of ether oxygens (including phenoxy) is 1. The summed E-state index contributed by atoms with van der Waals surface area (Å²) in [7, 11) is 0. The molecule has 0 spiro atoms. The van der Waals surface area contributed by atoms with Gasteiger partial charge < -0.3 is 9.64 Å². The van der Waals surface area contributed by atoms with E-state index in [4.69, 9.17) is 4.74 Å². The Morgan fingerprint density at radius 3 is 2.28 bits per heavy atom. The molecule has 4 heteroatoms. The van der Waals surface area contributed by atoms with E-state index in [0.717, 1.165) is 44.0 Å². The molecule has 0 unspecified atom stereocenters. The summed E-state index contributed by atoms with van der Waals surface area (Å²) in [6.45, 7) is 7.70. The van der Waals surface area contributed by atoms with Crippen LogP contribution in [-0.2, 0) is 0 Å². The Morgan fingerprint density at radius 1 is 0.960 bits per heavy atom. The summed E-state index contributed by atoms with van der Waals surface area (Å²) < 4.78 is 5.82. The first-order valence-electron chi connectivity index (χ1n) is 9.04. The molecule has 0 amide bonds. The number of carbonyl (C=O) groups excluding carboxylic acids is 1. The minimum atomic E-state index is 0.169. The molecule has 1 aliphatic rings. The topological polar surface area (TPSA) is 32.8 Å². The number of Topliss-reactive ketones (excluding diaryl/α,β-unsaturated/α-hetero) is 1. The number of carbonyl (C=O) groups is 1. The van der Waals surface area contributed by atoms with E-state index in [-0.39, 0.29) is 5.78 Å². The molecule has 0 radical (unpaired) electrons. The maximum absolute atomic E-state index is 11.6. The third kappa shape index (κ3) is 4.83. The fraction of sp³-hybridized carbons (Fsp3) is 0.381. The summed E-state index contributed by atoms with van der Waals surface area (Å²) in [6, 6.07) is 18.1. The van der Waals surface area contributed by atoms with Gasteiger partial charge in [0, 0.05) is 50.4 Å². The third-order valence-electron chi connectivity index (χ3n) is 4.67. The van der Waals surface area contributed by atoms with Crippen LogP contribution < -0.4 is 9.64 Å². The Morgan fingerprint density at radius 2 is 1.64 bits per heavy atom. The molecule has 4 nitrogen and oxygen atoms in total. The Labute approximate surface area is 150 Å². The van der Waals surface area contributed by atoms with Crippen molar-refractivity contribution < 1.29 is 9.53 Å². The number of nitrogens with zero attached hydrogens (tertiary/aromatic N) is 2. The molecule has 0 saturated carbocycles. The van der Waals surface area contributed by atoms with Crippen LogP contribution in [-0.4, -0.2) is 50.0 Å². The van der Waals surface area contributed by atoms with Crippen molar-refractivity contribution in [3.63, 3.8) is 0 Å². The molecule has 25 heavy (non-hydrogen) atoms. The van der Waals surface area contributed by atoms with Gasteiger partial charge >= 0.3 is 0 Å². The van der Waals surface area contributed by atoms with E-state index in [9.17, 15) is 4.79 Å². The standard InChI is InChI=1S/C21H26N2O2/c1-2-21(24)18-8-10-20(11-9-18)25-17-16-22-12-14-23(15-13-22)19-6-4-3-5-7-19/h3-11H,2,12-17H2,1H3. The van der Waals surface area contributed by atoms with Gasteiger partial charge in [0.2, 0.25) is 0 Å². The van der Waals surface area contributed by atoms with E-state index in [1.807, 2.05) is 31.2 Å². The number of benzene rings is 2. The molecule has 0 bridgehead atoms. The second-order valence-electron chi connectivity index (χ2n) is 6.31. The number of hydrogen-bond acceptors (Lipinski definition) is 4. The van der Waals surface area contributed by atoms with Gasteiger partial charge in [-0.3, -0.25) is 9.69 Å². The largest absolute Gasteiger partial charge is 0.492 e. The first-order valence-corrected chi connectivity index (χ1v) is 9.04. The van der Waals surface area contributed by atoms with Gasteiger partial charge in [-0.2, -0.15) is 0 Å². The first-order chi connectivity index (χ1) is 12.3. The normalized spacial score (nSPS) is 15.2. The summed E-state index contributed by atoms with van der Waals surface area (Å²) in [6.07, 6.45) is 0.537. The molecule has 1 fully saturated rings. The lowest BCUT2D eigenvalue weighted by Crippen LogP contribution is -2.47. The van der Waals surface area contributed by atoms with E-state index >= 15 is 0 Å². The van der Waals surface area contributed by atoms with Crippen LogP contribution in [0.3, 0.4) is 0 Å². The summed E-state index contributed by atoms with van der Waals surface area (Å²) >= 11 is 0. The highest BCUT2D eigenvalue weighted by atomic mass is 16.5. The van der Waals surface area contributed by atoms with Crippen LogP contribution in [0.15, 0.2) is 54.6 Å². The summed E-state index contributed by atoms with van der Waals surface area (Å²) in [5.74, 6) is 0.999. The van der Waals surface area contributed by atoms with Crippen LogP contribution in [0.2, 0.25) is 0 Å². The van der Waals surface area contributed by atoms with Gasteiger partial charge in [-0.25, -0.2) is 0 Å². The lowest BCUT2D eigenvalue weighted by atomic mass is 10.1. The Balaban J connectivity index is 1.39. The Kier molecular flexibility index (Phi) is 6.07. The van der Waals surface area contributed by atoms with Crippen molar-refractivity contribution in [3.8, 4) is 5.75 Å². The molecular weight excluding hydrogens is 312 g/mol. The predicted octanol–water partition coefficient (Wildman–Crippen LogP) is 3.48. The highest BCUT2D eigenvalue weighted by Gasteiger charge is 2.16. The second kappa shape index (κ2) is 8.67. The number of rotatable bonds is 7. The predicted molar refractivity (Wildman–Crippen MR) is 102 cm³/mol. The van der Waals surface area contributed by atoms with Crippen molar-refractivity contribution in [2.24, 2.45) is 0 Å². The number of anilines is 1. The molecule has 1 aliphatic heterocycles. The molecular formula is C21H26N2O2. The average Bonchev–Trinajstić information content (AvgIpc) is 2.69. The number of ketones is 1. The van der Waals surface area contributed by atoms with Crippen LogP contribution in [0.5, 0.6) is 5.75 Å². The highest BCUT2D eigenvalue weighted by Crippen LogP contribution is 2.16. The summed E-state index contributed by atoms with van der Waals surface area (Å²) in [5, 5.41) is 0. The highest BCUT2D eigenvalue weighted by molar-refractivity contribution is 5.95. The number of para-hydroxylation sites is 1. The summed E-state index contributed by atoms with van der Waals surface area (Å²) in [5.41, 5.74) is 2.06. The van der Waals surface area contributed by atoms with Crippen molar-refractivity contribution >= 4 is 11.5 Å². The van der Waals surface area contributed by atoms with Crippen molar-refractivity contribution in [2.75, 3.05) is 44.2 Å². The smallest absolute Gasteiger partial charge is 0.162 e. The van der Waals surface area contributed by atoms with Gasteiger partial charge in [0.15, 0.2) is 5.78 Å². The van der Waals surface area contributed by atoms with E-state index in [0.29, 0.717) is 13.0 Å². The quantitative estimate of drug-likeness (QED) is 0.724. The van der Waals surface area contributed by atoms with Crippen LogP contribution in [0, 0.1) is 0 Å². The van der Waals surface area contributed by atoms with Crippen molar-refractivity contribution in [3.05, 3.63) is 60.2 Å². The van der Waals surface area contributed by atoms with Gasteiger partial charge in [-0.1, -0.05) is 25.1 Å². The SMILES string of the molecule is CCC(=O)c1ccc(OCCN2CCN(c3ccccc3)CC2)cc1. The maximum atomic E-state index is 11.6. The minimum absolute atomic E-state index is 0.169. The minimum Gasteiger partial charge on any atom is -0.492 e. The maximum Gasteiger partial charge on any atom is 0.162 e. The number of hydrogen-bond donors (Lipinski definition) is 0. The molecule has 1 saturated heterocycles. The van der Waals surface area contributed by atoms with Crippen LogP contribution in [0.1, 0.15) is 23.7 Å². The number of piperazine rings is 1. The third-order valence-corrected chi connectivity index (χ3v) is 4.67. The van der Waals surface area contributed by atoms with Gasteiger partial charge in [-0.15, -0.1) is 0 Å². The lowest BCUT2D eigenvalue weighted by molar-refractivity contribution is 0.0988. The zero-order chi connectivity index (χ0) is 17.5. The van der Waals surface area contributed by atoms with Gasteiger partial charge in [0.1, 0.15) is 12.4 Å². The van der Waals surface area contributed by atoms with Gasteiger partial charge in [0.05, 0.1) is 0 Å². The first kappa shape index (κ1) is 17.5. The molecule has 132 valence electrons. The molecule has 0 N–H and O–H groups in total. The van der Waals surface area contributed by atoms with Crippen LogP contribution in [0.25, 0.3) is 0 Å². The lowest BCUT2D eigenvalue weighted by Gasteiger charge is -2.36. The fourth-order valence-electron chi connectivity index (χ4n) is 3.10. The molecule has 2 aromatic rings. The van der Waals surface area contributed by atoms with Crippen LogP contribution >= 0.6 is 0 Å². The molecule has 1 heterocycles. The van der Waals surface area contributed by atoms with Crippen molar-refractivity contribution in [1.29, 1.82) is 0 Å². The summed E-state index contributed by atoms with van der Waals surface area (Å²) in [4.78, 5) is 16.5. The van der Waals surface area contributed by atoms with E-state index in [1.54, 1.807) is 0 Å². The fourth-order valence-corrected chi connectivity index (χ4v) is 3.10. The van der Waals surface area contributed by atoms with E-state index in [2.05, 4.69) is 40.1 Å². The zero-order valence-corrected chi connectivity index (χ0v) is 14.9. The molecule has 2 aromatic carbocycles. The van der Waals surface area contributed by atoms with Gasteiger partial charge in [-0.05, 0) is 36.4 Å². The van der Waals surface area contributed by atoms with Crippen molar-refractivity contribution in [2.45, 2.75) is 13.3 Å². The Hall–Kier alpha value is -2.33. The van der Waals surface area contributed by atoms with E-state index < -0.39 is 0 Å². The average molecular weight is 338 g/mol. The molecule has 0 atom stereocenters.